The third-order valence-electron chi connectivity index (χ3n) is 1.02. The highest BCUT2D eigenvalue weighted by Gasteiger charge is 2.15. The van der Waals surface area contributed by atoms with Crippen LogP contribution in [0.5, 0.6) is 0 Å². The lowest BCUT2D eigenvalue weighted by Crippen LogP contribution is -2.46. The largest absolute Gasteiger partial charge is 0.347 e. The van der Waals surface area contributed by atoms with E-state index in [4.69, 9.17) is 15.3 Å². The summed E-state index contributed by atoms with van der Waals surface area (Å²) in [6.45, 7) is -0.729. The fourth-order valence-electron chi connectivity index (χ4n) is 0.134. The van der Waals surface area contributed by atoms with Crippen molar-refractivity contribution in [3.63, 3.8) is 0 Å². The Hall–Kier alpha value is -0.200. The van der Waals surface area contributed by atoms with Crippen molar-refractivity contribution >= 4 is 0 Å². The van der Waals surface area contributed by atoms with Gasteiger partial charge in [0.1, 0.15) is 0 Å². The third-order valence-corrected chi connectivity index (χ3v) is 1.02. The van der Waals surface area contributed by atoms with Crippen molar-refractivity contribution < 1.29 is 19.8 Å². The van der Waals surface area contributed by atoms with Crippen molar-refractivity contribution in [3.05, 3.63) is 0 Å². The molecule has 0 aromatic carbocycles. The van der Waals surface area contributed by atoms with E-state index in [0.29, 0.717) is 0 Å². The average Bonchev–Trinajstić information content (AvgIpc) is 1.87. The number of aliphatic hydroxyl groups excluding tert-OH is 3. The van der Waals surface area contributed by atoms with Crippen LogP contribution < -0.4 is 6.15 Å². The Bertz CT molecular complexity index is 56.6. The van der Waals surface area contributed by atoms with Gasteiger partial charge in [0.2, 0.25) is 0 Å². The number of nitrogens with zero attached hydrogens (tertiary/aromatic N) is 1. The van der Waals surface area contributed by atoms with Crippen LogP contribution in [0.1, 0.15) is 0 Å². The highest BCUT2D eigenvalue weighted by atomic mass is 16.3. The van der Waals surface area contributed by atoms with Gasteiger partial charge in [-0.05, 0) is 0 Å². The molecular weight excluding hydrogens is 124 g/mol. The van der Waals surface area contributed by atoms with Crippen LogP contribution in [0.3, 0.4) is 0 Å². The maximum absolute atomic E-state index is 8.44. The molecule has 0 aliphatic rings. The first-order valence-electron chi connectivity index (χ1n) is 2.34. The molecule has 0 fully saturated rings. The molecule has 5 heteroatoms. The Labute approximate surface area is 54.3 Å². The molecule has 5 nitrogen and oxygen atoms in total. The van der Waals surface area contributed by atoms with Gasteiger partial charge < -0.3 is 21.5 Å². The van der Waals surface area contributed by atoms with Gasteiger partial charge in [0.05, 0.1) is 7.05 Å². The van der Waals surface area contributed by atoms with Gasteiger partial charge in [0.15, 0.2) is 20.2 Å². The van der Waals surface area contributed by atoms with Crippen LogP contribution in [-0.4, -0.2) is 47.0 Å². The Balaban J connectivity index is 0. The molecule has 0 rings (SSSR count). The molecule has 0 atom stereocenters. The number of hydrogen-bond acceptors (Lipinski definition) is 4. The van der Waals surface area contributed by atoms with Gasteiger partial charge in [0.25, 0.3) is 0 Å². The minimum absolute atomic E-state index is 0. The predicted octanol–water partition coefficient (Wildman–Crippen LogP) is -1.56. The van der Waals surface area contributed by atoms with Crippen LogP contribution in [0, 0.1) is 0 Å². The number of hydrogen-bond donors (Lipinski definition) is 4. The van der Waals surface area contributed by atoms with Crippen LogP contribution in [0.25, 0.3) is 0 Å². The first-order valence-corrected chi connectivity index (χ1v) is 2.34. The van der Waals surface area contributed by atoms with Crippen LogP contribution in [-0.2, 0) is 0 Å². The van der Waals surface area contributed by atoms with Crippen LogP contribution in [0.4, 0.5) is 0 Å². The number of quaternary nitrogens is 1. The van der Waals surface area contributed by atoms with E-state index in [1.807, 2.05) is 0 Å². The van der Waals surface area contributed by atoms with Gasteiger partial charge in [-0.25, -0.2) is 0 Å². The van der Waals surface area contributed by atoms with E-state index in [9.17, 15) is 0 Å². The van der Waals surface area contributed by atoms with Gasteiger partial charge >= 0.3 is 0 Å². The van der Waals surface area contributed by atoms with Gasteiger partial charge in [-0.3, -0.25) is 4.48 Å². The number of aliphatic hydroxyl groups is 3. The second-order valence-corrected chi connectivity index (χ2v) is 2.04. The minimum atomic E-state index is -0.243. The Morgan fingerprint density at radius 2 is 1.22 bits per heavy atom. The summed E-state index contributed by atoms with van der Waals surface area (Å²) in [7, 11) is 1.54. The van der Waals surface area contributed by atoms with E-state index in [-0.39, 0.29) is 30.8 Å². The van der Waals surface area contributed by atoms with Crippen LogP contribution in [0.15, 0.2) is 0 Å². The van der Waals surface area contributed by atoms with Crippen molar-refractivity contribution in [2.45, 2.75) is 0 Å². The molecule has 0 radical (unpaired) electrons. The summed E-state index contributed by atoms with van der Waals surface area (Å²) >= 11 is 0. The summed E-state index contributed by atoms with van der Waals surface area (Å²) < 4.78 is -0.125. The first kappa shape index (κ1) is 11.6. The molecule has 0 saturated heterocycles. The molecule has 0 spiro atoms. The minimum Gasteiger partial charge on any atom is -0.347 e. The van der Waals surface area contributed by atoms with Crippen molar-refractivity contribution in [2.24, 2.45) is 0 Å². The first-order chi connectivity index (χ1) is 3.68. The molecule has 0 aliphatic heterocycles. The van der Waals surface area contributed by atoms with E-state index < -0.39 is 0 Å². The van der Waals surface area contributed by atoms with Crippen LogP contribution in [0.2, 0.25) is 0 Å². The second kappa shape index (κ2) is 4.66. The van der Waals surface area contributed by atoms with E-state index in [2.05, 4.69) is 0 Å². The summed E-state index contributed by atoms with van der Waals surface area (Å²) in [5.74, 6) is 0. The summed E-state index contributed by atoms with van der Waals surface area (Å²) in [6, 6.07) is 0. The normalized spacial score (nSPS) is 10.7. The van der Waals surface area contributed by atoms with E-state index in [1.165, 1.54) is 0 Å². The quantitative estimate of drug-likeness (QED) is 0.281. The molecule has 0 saturated carbocycles. The highest BCUT2D eigenvalue weighted by Crippen LogP contribution is 1.93. The third kappa shape index (κ3) is 3.39. The zero-order valence-electron chi connectivity index (χ0n) is 5.62. The molecule has 9 heavy (non-hydrogen) atoms. The van der Waals surface area contributed by atoms with E-state index >= 15 is 0 Å². The zero-order valence-corrected chi connectivity index (χ0v) is 5.62. The molecular formula is C4H15N2O3+. The molecule has 0 heterocycles. The second-order valence-electron chi connectivity index (χ2n) is 2.04. The number of rotatable bonds is 3. The molecule has 0 aliphatic carbocycles. The van der Waals surface area contributed by atoms with Gasteiger partial charge in [-0.15, -0.1) is 0 Å². The maximum Gasteiger partial charge on any atom is 0.183 e. The summed E-state index contributed by atoms with van der Waals surface area (Å²) in [6.07, 6.45) is 0. The SMILES string of the molecule is C[N+](CO)(CO)CO.N. The van der Waals surface area contributed by atoms with Gasteiger partial charge in [-0.1, -0.05) is 0 Å². The Morgan fingerprint density at radius 1 is 1.00 bits per heavy atom. The van der Waals surface area contributed by atoms with E-state index in [0.717, 1.165) is 0 Å². The van der Waals surface area contributed by atoms with E-state index in [1.54, 1.807) is 7.05 Å². The average molecular weight is 139 g/mol. The molecule has 6 N–H and O–H groups in total. The topological polar surface area (TPSA) is 95.7 Å². The lowest BCUT2D eigenvalue weighted by molar-refractivity contribution is -0.959. The molecule has 0 aromatic rings. The Kier molecular flexibility index (Phi) is 5.99. The molecule has 0 bridgehead atoms. The predicted molar refractivity (Wildman–Crippen MR) is 32.5 cm³/mol. The monoisotopic (exact) mass is 139 g/mol. The standard InChI is InChI=1S/C4H12NO3.H3N/c1-5(2-6,3-7)4-8;/h6-8H,2-4H2,1H3;1H3/q+1;. The summed E-state index contributed by atoms with van der Waals surface area (Å²) in [5.41, 5.74) is 0. The maximum atomic E-state index is 8.44. The molecule has 0 aromatic heterocycles. The molecule has 0 unspecified atom stereocenters. The Morgan fingerprint density at radius 3 is 1.22 bits per heavy atom. The smallest absolute Gasteiger partial charge is 0.183 e. The lowest BCUT2D eigenvalue weighted by Gasteiger charge is -2.25. The summed E-state index contributed by atoms with van der Waals surface area (Å²) in [5, 5.41) is 25.3. The van der Waals surface area contributed by atoms with Gasteiger partial charge in [0, 0.05) is 0 Å². The molecule has 58 valence electrons. The van der Waals surface area contributed by atoms with Gasteiger partial charge in [-0.2, -0.15) is 0 Å². The summed E-state index contributed by atoms with van der Waals surface area (Å²) in [4.78, 5) is 0. The van der Waals surface area contributed by atoms with Crippen LogP contribution >= 0.6 is 0 Å². The molecule has 0 amide bonds. The fourth-order valence-corrected chi connectivity index (χ4v) is 0.134. The van der Waals surface area contributed by atoms with Crippen molar-refractivity contribution in [1.82, 2.24) is 6.15 Å². The fraction of sp³-hybridized carbons (Fsp3) is 1.00. The highest BCUT2D eigenvalue weighted by molar-refractivity contribution is 4.06. The lowest BCUT2D eigenvalue weighted by atomic mass is 10.7. The van der Waals surface area contributed by atoms with Crippen molar-refractivity contribution in [2.75, 3.05) is 27.2 Å². The zero-order chi connectivity index (χ0) is 6.62. The van der Waals surface area contributed by atoms with Crippen molar-refractivity contribution in [1.29, 1.82) is 0 Å². The van der Waals surface area contributed by atoms with Crippen molar-refractivity contribution in [3.8, 4) is 0 Å².